The number of aryl methyl sites for hydroxylation is 1. The second-order valence-electron chi connectivity index (χ2n) is 9.94. The maximum atomic E-state index is 13.9. The van der Waals surface area contributed by atoms with Gasteiger partial charge in [-0.3, -0.25) is 14.5 Å². The van der Waals surface area contributed by atoms with Gasteiger partial charge in [0.1, 0.15) is 34.9 Å². The van der Waals surface area contributed by atoms with Crippen LogP contribution in [0.2, 0.25) is 0 Å². The average molecular weight is 560 g/mol. The van der Waals surface area contributed by atoms with E-state index in [-0.39, 0.29) is 23.6 Å². The molecular formula is C27H37N5O6S. The molecule has 1 saturated heterocycles. The topological polar surface area (TPSA) is 128 Å². The van der Waals surface area contributed by atoms with Gasteiger partial charge in [0.05, 0.1) is 49.8 Å². The van der Waals surface area contributed by atoms with Crippen LogP contribution in [-0.2, 0) is 25.1 Å². The Morgan fingerprint density at radius 3 is 2.36 bits per heavy atom. The molecule has 1 aliphatic heterocycles. The third-order valence-electron chi connectivity index (χ3n) is 6.74. The van der Waals surface area contributed by atoms with Gasteiger partial charge in [-0.2, -0.15) is 0 Å². The highest BCUT2D eigenvalue weighted by Crippen LogP contribution is 2.38. The fraction of sp³-hybridized carbons (Fsp3) is 0.556. The summed E-state index contributed by atoms with van der Waals surface area (Å²) in [5.74, 6) is 1.44. The van der Waals surface area contributed by atoms with Crippen LogP contribution in [0.15, 0.2) is 30.6 Å². The molecule has 212 valence electrons. The highest BCUT2D eigenvalue weighted by Gasteiger charge is 2.36. The Bertz CT molecular complexity index is 1330. The first-order chi connectivity index (χ1) is 18.7. The molecule has 3 aromatic rings. The standard InChI is InChI=1S/C27H37N5O6S/c1-17(2)38-26(21-14-28-18(3)13-29-21)19(4)39(33,34)16-24-30-31-27(20-9-8-12-37-15-20)32(24)25-22(35-5)10-7-11-23(25)36-6/h7,10-11,13-14,17,19-20,26H,8-9,12,15-16H2,1-6H3/t19-,20-,26+/m0/s1. The molecule has 2 aromatic heterocycles. The number of hydrogen-bond donors (Lipinski definition) is 0. The Kier molecular flexibility index (Phi) is 9.19. The molecule has 0 bridgehead atoms. The fourth-order valence-electron chi connectivity index (χ4n) is 4.69. The molecule has 0 saturated carbocycles. The first-order valence-corrected chi connectivity index (χ1v) is 14.8. The third-order valence-corrected chi connectivity index (χ3v) is 8.78. The van der Waals surface area contributed by atoms with E-state index in [4.69, 9.17) is 18.9 Å². The van der Waals surface area contributed by atoms with E-state index in [2.05, 4.69) is 20.2 Å². The first kappa shape index (κ1) is 28.9. The SMILES string of the molecule is COc1cccc(OC)c1-n1c(CS(=O)(=O)[C@@H](C)[C@@H](OC(C)C)c2cnc(C)cn2)nnc1[C@H]1CCCOC1. The van der Waals surface area contributed by atoms with Crippen LogP contribution in [0.1, 0.15) is 68.7 Å². The molecule has 12 heteroatoms. The summed E-state index contributed by atoms with van der Waals surface area (Å²) in [6.07, 6.45) is 3.85. The number of sulfone groups is 1. The molecule has 0 N–H and O–H groups in total. The van der Waals surface area contributed by atoms with Crippen LogP contribution in [0.5, 0.6) is 11.5 Å². The van der Waals surface area contributed by atoms with E-state index < -0.39 is 21.2 Å². The number of para-hydroxylation sites is 1. The summed E-state index contributed by atoms with van der Waals surface area (Å²) >= 11 is 0. The lowest BCUT2D eigenvalue weighted by molar-refractivity contribution is 0.00382. The predicted octanol–water partition coefficient (Wildman–Crippen LogP) is 3.75. The van der Waals surface area contributed by atoms with Crippen LogP contribution >= 0.6 is 0 Å². The number of rotatable bonds is 11. The van der Waals surface area contributed by atoms with Crippen LogP contribution < -0.4 is 9.47 Å². The summed E-state index contributed by atoms with van der Waals surface area (Å²) in [5, 5.41) is 7.92. The largest absolute Gasteiger partial charge is 0.494 e. The van der Waals surface area contributed by atoms with Gasteiger partial charge in [0, 0.05) is 18.7 Å². The predicted molar refractivity (Wildman–Crippen MR) is 145 cm³/mol. The molecule has 1 aromatic carbocycles. The maximum Gasteiger partial charge on any atom is 0.163 e. The molecule has 1 aliphatic rings. The lowest BCUT2D eigenvalue weighted by Gasteiger charge is -2.26. The van der Waals surface area contributed by atoms with E-state index in [1.165, 1.54) is 0 Å². The highest BCUT2D eigenvalue weighted by molar-refractivity contribution is 7.91. The van der Waals surface area contributed by atoms with Gasteiger partial charge in [0.2, 0.25) is 0 Å². The van der Waals surface area contributed by atoms with Crippen molar-refractivity contribution >= 4 is 9.84 Å². The molecule has 0 unspecified atom stereocenters. The van der Waals surface area contributed by atoms with E-state index in [9.17, 15) is 8.42 Å². The monoisotopic (exact) mass is 559 g/mol. The Morgan fingerprint density at radius 1 is 1.08 bits per heavy atom. The van der Waals surface area contributed by atoms with Crippen LogP contribution in [0.25, 0.3) is 5.69 Å². The minimum atomic E-state index is -3.83. The van der Waals surface area contributed by atoms with Crippen molar-refractivity contribution in [1.82, 2.24) is 24.7 Å². The van der Waals surface area contributed by atoms with Gasteiger partial charge >= 0.3 is 0 Å². The Morgan fingerprint density at radius 2 is 1.79 bits per heavy atom. The Balaban J connectivity index is 1.79. The molecule has 11 nitrogen and oxygen atoms in total. The zero-order chi connectivity index (χ0) is 28.2. The molecule has 0 aliphatic carbocycles. The van der Waals surface area contributed by atoms with E-state index in [1.807, 2.05) is 26.8 Å². The summed E-state index contributed by atoms with van der Waals surface area (Å²) in [6, 6.07) is 5.40. The molecular weight excluding hydrogens is 522 g/mol. The summed E-state index contributed by atoms with van der Waals surface area (Å²) in [4.78, 5) is 8.72. The second kappa shape index (κ2) is 12.4. The van der Waals surface area contributed by atoms with Gasteiger partial charge in [-0.15, -0.1) is 10.2 Å². The van der Waals surface area contributed by atoms with Gasteiger partial charge in [-0.05, 0) is 52.7 Å². The van der Waals surface area contributed by atoms with Crippen molar-refractivity contribution in [1.29, 1.82) is 0 Å². The molecule has 1 fully saturated rings. The molecule has 4 rings (SSSR count). The van der Waals surface area contributed by atoms with Crippen molar-refractivity contribution in [3.63, 3.8) is 0 Å². The number of benzene rings is 1. The molecule has 3 atom stereocenters. The zero-order valence-electron chi connectivity index (χ0n) is 23.3. The quantitative estimate of drug-likeness (QED) is 0.343. The lowest BCUT2D eigenvalue weighted by Crippen LogP contribution is -2.31. The number of methoxy groups -OCH3 is 2. The first-order valence-electron chi connectivity index (χ1n) is 13.0. The molecule has 3 heterocycles. The van der Waals surface area contributed by atoms with Crippen molar-refractivity contribution < 1.29 is 27.4 Å². The van der Waals surface area contributed by atoms with E-state index in [0.717, 1.165) is 18.5 Å². The average Bonchev–Trinajstić information content (AvgIpc) is 3.33. The summed E-state index contributed by atoms with van der Waals surface area (Å²) < 4.78 is 52.8. The third kappa shape index (κ3) is 6.39. The zero-order valence-corrected chi connectivity index (χ0v) is 24.1. The van der Waals surface area contributed by atoms with E-state index in [0.29, 0.717) is 41.9 Å². The van der Waals surface area contributed by atoms with Gasteiger partial charge < -0.3 is 18.9 Å². The minimum absolute atomic E-state index is 0.0606. The summed E-state index contributed by atoms with van der Waals surface area (Å²) in [6.45, 7) is 8.32. The van der Waals surface area contributed by atoms with Crippen molar-refractivity contribution in [2.24, 2.45) is 0 Å². The number of nitrogens with zero attached hydrogens (tertiary/aromatic N) is 5. The van der Waals surface area contributed by atoms with Crippen molar-refractivity contribution in [3.8, 4) is 17.2 Å². The smallest absolute Gasteiger partial charge is 0.163 e. The summed E-state index contributed by atoms with van der Waals surface area (Å²) in [5.41, 5.74) is 1.74. The maximum absolute atomic E-state index is 13.9. The van der Waals surface area contributed by atoms with Crippen molar-refractivity contribution in [3.05, 3.63) is 53.6 Å². The van der Waals surface area contributed by atoms with Crippen molar-refractivity contribution in [2.75, 3.05) is 27.4 Å². The normalized spacial score (nSPS) is 17.7. The molecule has 0 spiro atoms. The fourth-order valence-corrected chi connectivity index (χ4v) is 6.08. The number of aromatic nitrogens is 5. The number of hydrogen-bond acceptors (Lipinski definition) is 10. The van der Waals surface area contributed by atoms with E-state index in [1.54, 1.807) is 50.2 Å². The van der Waals surface area contributed by atoms with Crippen LogP contribution in [0.4, 0.5) is 0 Å². The van der Waals surface area contributed by atoms with E-state index >= 15 is 0 Å². The van der Waals surface area contributed by atoms with Crippen LogP contribution in [0.3, 0.4) is 0 Å². The van der Waals surface area contributed by atoms with Gasteiger partial charge in [0.25, 0.3) is 0 Å². The highest BCUT2D eigenvalue weighted by atomic mass is 32.2. The minimum Gasteiger partial charge on any atom is -0.494 e. The molecule has 0 amide bonds. The Labute approximate surface area is 229 Å². The number of ether oxygens (including phenoxy) is 4. The van der Waals surface area contributed by atoms with Gasteiger partial charge in [0.15, 0.2) is 15.7 Å². The van der Waals surface area contributed by atoms with Gasteiger partial charge in [-0.1, -0.05) is 6.07 Å². The second-order valence-corrected chi connectivity index (χ2v) is 12.3. The molecule has 39 heavy (non-hydrogen) atoms. The van der Waals surface area contributed by atoms with Crippen LogP contribution in [0, 0.1) is 6.92 Å². The van der Waals surface area contributed by atoms with Gasteiger partial charge in [-0.25, -0.2) is 8.42 Å². The Hall–Kier alpha value is -3.09. The van der Waals surface area contributed by atoms with Crippen molar-refractivity contribution in [2.45, 2.75) is 69.7 Å². The summed E-state index contributed by atoms with van der Waals surface area (Å²) in [7, 11) is -0.719. The molecule has 0 radical (unpaired) electrons. The van der Waals surface area contributed by atoms with Crippen LogP contribution in [-0.4, -0.2) is 71.9 Å². The lowest BCUT2D eigenvalue weighted by atomic mass is 10.0.